The minimum absolute atomic E-state index is 0.0698. The van der Waals surface area contributed by atoms with Crippen molar-refractivity contribution in [2.24, 2.45) is 11.7 Å². The van der Waals surface area contributed by atoms with E-state index in [0.717, 1.165) is 0 Å². The number of rotatable bonds is 16. The van der Waals surface area contributed by atoms with Crippen molar-refractivity contribution in [1.82, 2.24) is 26.6 Å². The molecule has 12 heteroatoms. The Morgan fingerprint density at radius 2 is 1.63 bits per heavy atom. The number of carbonyl (C=O) groups is 3. The van der Waals surface area contributed by atoms with Crippen LogP contribution in [-0.2, 0) is 23.9 Å². The number of aliphatic hydroxyl groups is 1. The van der Waals surface area contributed by atoms with E-state index in [1.165, 1.54) is 7.11 Å². The number of carbonyl (C=O) groups excluding carboxylic acids is 3. The van der Waals surface area contributed by atoms with Crippen molar-refractivity contribution in [3.63, 3.8) is 0 Å². The lowest BCUT2D eigenvalue weighted by atomic mass is 10.2. The zero-order chi connectivity index (χ0) is 23.2. The van der Waals surface area contributed by atoms with Crippen molar-refractivity contribution >= 4 is 17.7 Å². The van der Waals surface area contributed by atoms with Crippen LogP contribution >= 0.6 is 0 Å². The van der Waals surface area contributed by atoms with Gasteiger partial charge in [-0.05, 0) is 20.8 Å². The van der Waals surface area contributed by atoms with Gasteiger partial charge in [0.05, 0.1) is 25.2 Å². The number of nitrogens with two attached hydrogens (primary N) is 1. The van der Waals surface area contributed by atoms with Crippen molar-refractivity contribution in [2.75, 3.05) is 46.4 Å². The maximum Gasteiger partial charge on any atom is 0.234 e. The summed E-state index contributed by atoms with van der Waals surface area (Å²) in [6.07, 6.45) is -1.68. The minimum Gasteiger partial charge on any atom is -0.369 e. The van der Waals surface area contributed by atoms with Gasteiger partial charge in [0.25, 0.3) is 0 Å². The van der Waals surface area contributed by atoms with Crippen LogP contribution in [0.15, 0.2) is 0 Å². The SMILES string of the molecule is COC(CNC(=O)CNCCNC(=O)CNC(O)OC(C)(C)C)NCC(C)C(N)=O. The van der Waals surface area contributed by atoms with E-state index in [1.807, 2.05) is 0 Å². The Morgan fingerprint density at radius 1 is 1.00 bits per heavy atom. The highest BCUT2D eigenvalue weighted by Crippen LogP contribution is 2.07. The molecule has 176 valence electrons. The molecule has 8 N–H and O–H groups in total. The molecule has 0 aromatic carbocycles. The van der Waals surface area contributed by atoms with Crippen LogP contribution in [0, 0.1) is 5.92 Å². The van der Waals surface area contributed by atoms with Crippen LogP contribution in [-0.4, -0.2) is 87.4 Å². The molecular formula is C18H38N6O6. The fourth-order valence-electron chi connectivity index (χ4n) is 2.03. The predicted molar refractivity (Wildman–Crippen MR) is 111 cm³/mol. The van der Waals surface area contributed by atoms with E-state index in [1.54, 1.807) is 27.7 Å². The summed E-state index contributed by atoms with van der Waals surface area (Å²) >= 11 is 0. The van der Waals surface area contributed by atoms with Gasteiger partial charge < -0.3 is 36.3 Å². The third kappa shape index (κ3) is 16.0. The van der Waals surface area contributed by atoms with Crippen LogP contribution in [0.1, 0.15) is 27.7 Å². The molecule has 0 saturated carbocycles. The molecule has 0 aliphatic heterocycles. The Labute approximate surface area is 178 Å². The Bertz CT molecular complexity index is 528. The van der Waals surface area contributed by atoms with E-state index in [9.17, 15) is 19.5 Å². The number of aliphatic hydroxyl groups excluding tert-OH is 1. The molecule has 3 amide bonds. The van der Waals surface area contributed by atoms with Gasteiger partial charge in [0.1, 0.15) is 6.23 Å². The molecule has 0 bridgehead atoms. The Hall–Kier alpha value is -1.83. The molecule has 0 aromatic heterocycles. The lowest BCUT2D eigenvalue weighted by Crippen LogP contribution is -2.47. The minimum atomic E-state index is -1.23. The largest absolute Gasteiger partial charge is 0.369 e. The van der Waals surface area contributed by atoms with Crippen LogP contribution in [0.4, 0.5) is 0 Å². The molecule has 0 rings (SSSR count). The van der Waals surface area contributed by atoms with Gasteiger partial charge in [-0.15, -0.1) is 0 Å². The number of methoxy groups -OCH3 is 1. The number of nitrogens with one attached hydrogen (secondary N) is 5. The molecule has 30 heavy (non-hydrogen) atoms. The molecule has 0 aromatic rings. The molecule has 0 heterocycles. The van der Waals surface area contributed by atoms with E-state index >= 15 is 0 Å². The number of hydrogen-bond acceptors (Lipinski definition) is 9. The second kappa shape index (κ2) is 15.0. The monoisotopic (exact) mass is 434 g/mol. The number of primary amides is 1. The predicted octanol–water partition coefficient (Wildman–Crippen LogP) is -2.83. The second-order valence-electron chi connectivity index (χ2n) is 7.73. The topological polar surface area (TPSA) is 176 Å². The standard InChI is InChI=1S/C18H38N6O6/c1-12(16(19)27)8-23-15(29-5)11-22-13(25)9-20-6-7-21-14(26)10-24-17(28)30-18(2,3)4/h12,15,17,20,23-24,28H,6-11H2,1-5H3,(H2,19,27)(H,21,26)(H,22,25). The van der Waals surface area contributed by atoms with Gasteiger partial charge in [-0.25, -0.2) is 0 Å². The van der Waals surface area contributed by atoms with Crippen LogP contribution in [0.5, 0.6) is 0 Å². The van der Waals surface area contributed by atoms with Gasteiger partial charge in [0, 0.05) is 32.7 Å². The lowest BCUT2D eigenvalue weighted by molar-refractivity contribution is -0.182. The summed E-state index contributed by atoms with van der Waals surface area (Å²) in [6.45, 7) is 8.31. The van der Waals surface area contributed by atoms with E-state index in [2.05, 4.69) is 26.6 Å². The molecule has 0 saturated heterocycles. The molecule has 3 unspecified atom stereocenters. The first-order chi connectivity index (χ1) is 13.9. The maximum absolute atomic E-state index is 11.8. The first-order valence-corrected chi connectivity index (χ1v) is 9.83. The van der Waals surface area contributed by atoms with Crippen LogP contribution in [0.25, 0.3) is 0 Å². The molecule has 3 atom stereocenters. The van der Waals surface area contributed by atoms with Crippen LogP contribution in [0.3, 0.4) is 0 Å². The van der Waals surface area contributed by atoms with Gasteiger partial charge in [-0.2, -0.15) is 0 Å². The summed E-state index contributed by atoms with van der Waals surface area (Å²) in [6, 6.07) is 0. The second-order valence-corrected chi connectivity index (χ2v) is 7.73. The summed E-state index contributed by atoms with van der Waals surface area (Å²) in [4.78, 5) is 34.5. The van der Waals surface area contributed by atoms with E-state index in [0.29, 0.717) is 19.6 Å². The number of ether oxygens (including phenoxy) is 2. The zero-order valence-electron chi connectivity index (χ0n) is 18.5. The molecule has 12 nitrogen and oxygen atoms in total. The quantitative estimate of drug-likeness (QED) is 0.0997. The lowest BCUT2D eigenvalue weighted by Gasteiger charge is -2.24. The van der Waals surface area contributed by atoms with Crippen molar-refractivity contribution in [1.29, 1.82) is 0 Å². The molecule has 0 spiro atoms. The van der Waals surface area contributed by atoms with E-state index < -0.39 is 24.2 Å². The average Bonchev–Trinajstić information content (AvgIpc) is 2.64. The molecule has 0 aliphatic carbocycles. The maximum atomic E-state index is 11.8. The first-order valence-electron chi connectivity index (χ1n) is 9.83. The third-order valence-electron chi connectivity index (χ3n) is 3.72. The van der Waals surface area contributed by atoms with Crippen molar-refractivity contribution < 1.29 is 29.0 Å². The van der Waals surface area contributed by atoms with Crippen LogP contribution in [0.2, 0.25) is 0 Å². The van der Waals surface area contributed by atoms with Gasteiger partial charge in [0.2, 0.25) is 24.1 Å². The fraction of sp³-hybridized carbons (Fsp3) is 0.833. The van der Waals surface area contributed by atoms with Gasteiger partial charge in [-0.1, -0.05) is 6.92 Å². The molecule has 0 fully saturated rings. The van der Waals surface area contributed by atoms with Gasteiger partial charge >= 0.3 is 0 Å². The summed E-state index contributed by atoms with van der Waals surface area (Å²) in [5.41, 5.74) is 4.66. The highest BCUT2D eigenvalue weighted by molar-refractivity contribution is 5.78. The van der Waals surface area contributed by atoms with Crippen molar-refractivity contribution in [2.45, 2.75) is 45.9 Å². The Balaban J connectivity index is 3.81. The summed E-state index contributed by atoms with van der Waals surface area (Å²) in [5, 5.41) is 23.4. The highest BCUT2D eigenvalue weighted by Gasteiger charge is 2.17. The number of amides is 3. The average molecular weight is 435 g/mol. The van der Waals surface area contributed by atoms with Gasteiger partial charge in [-0.3, -0.25) is 25.0 Å². The van der Waals surface area contributed by atoms with Gasteiger partial charge in [0.15, 0.2) is 0 Å². The van der Waals surface area contributed by atoms with E-state index in [-0.39, 0.29) is 37.4 Å². The van der Waals surface area contributed by atoms with E-state index in [4.69, 9.17) is 15.2 Å². The normalized spacial score (nSPS) is 14.6. The summed E-state index contributed by atoms with van der Waals surface area (Å²) in [5.74, 6) is -1.31. The number of hydrogen-bond donors (Lipinski definition) is 7. The molecule has 0 aliphatic rings. The van der Waals surface area contributed by atoms with Crippen molar-refractivity contribution in [3.05, 3.63) is 0 Å². The summed E-state index contributed by atoms with van der Waals surface area (Å²) < 4.78 is 10.4. The zero-order valence-corrected chi connectivity index (χ0v) is 18.5. The Kier molecular flexibility index (Phi) is 14.1. The fourth-order valence-corrected chi connectivity index (χ4v) is 2.03. The summed E-state index contributed by atoms with van der Waals surface area (Å²) in [7, 11) is 1.49. The third-order valence-corrected chi connectivity index (χ3v) is 3.72. The first kappa shape index (κ1) is 28.2. The van der Waals surface area contributed by atoms with Crippen LogP contribution < -0.4 is 32.3 Å². The smallest absolute Gasteiger partial charge is 0.234 e. The van der Waals surface area contributed by atoms with Crippen molar-refractivity contribution in [3.8, 4) is 0 Å². The Morgan fingerprint density at radius 3 is 2.20 bits per heavy atom. The highest BCUT2D eigenvalue weighted by atomic mass is 16.6. The molecular weight excluding hydrogens is 396 g/mol. The molecule has 0 radical (unpaired) electrons.